The van der Waals surface area contributed by atoms with Crippen LogP contribution < -0.4 is 0 Å². The molecule has 0 saturated carbocycles. The first-order chi connectivity index (χ1) is 10.2. The van der Waals surface area contributed by atoms with Crippen molar-refractivity contribution in [3.05, 3.63) is 29.3 Å². The van der Waals surface area contributed by atoms with Crippen molar-refractivity contribution in [3.8, 4) is 5.75 Å². The number of hydrogen-bond acceptors (Lipinski definition) is 3. The second kappa shape index (κ2) is 6.37. The van der Waals surface area contributed by atoms with Crippen molar-refractivity contribution in [1.82, 2.24) is 9.80 Å². The quantitative estimate of drug-likeness (QED) is 0.905. The summed E-state index contributed by atoms with van der Waals surface area (Å²) in [5, 5.41) is 9.74. The highest BCUT2D eigenvalue weighted by Gasteiger charge is 2.31. The third-order valence-electron chi connectivity index (χ3n) is 5.23. The van der Waals surface area contributed by atoms with Gasteiger partial charge in [0.2, 0.25) is 0 Å². The summed E-state index contributed by atoms with van der Waals surface area (Å²) in [5.74, 6) is 0.414. The maximum Gasteiger partial charge on any atom is 0.115 e. The van der Waals surface area contributed by atoms with Crippen molar-refractivity contribution in [1.29, 1.82) is 0 Å². The Bertz CT molecular complexity index is 488. The molecule has 1 aliphatic heterocycles. The first-order valence-corrected chi connectivity index (χ1v) is 8.45. The molecule has 1 heterocycles. The van der Waals surface area contributed by atoms with Crippen molar-refractivity contribution in [3.63, 3.8) is 0 Å². The second-order valence-corrected chi connectivity index (χ2v) is 6.71. The normalized spacial score (nSPS) is 28.1. The maximum atomic E-state index is 9.74. The van der Waals surface area contributed by atoms with Crippen LogP contribution >= 0.6 is 0 Å². The van der Waals surface area contributed by atoms with Crippen molar-refractivity contribution >= 4 is 0 Å². The van der Waals surface area contributed by atoms with Crippen molar-refractivity contribution < 1.29 is 5.11 Å². The van der Waals surface area contributed by atoms with Gasteiger partial charge in [-0.25, -0.2) is 0 Å². The van der Waals surface area contributed by atoms with E-state index in [1.165, 1.54) is 56.4 Å². The summed E-state index contributed by atoms with van der Waals surface area (Å²) in [6.45, 7) is 5.91. The van der Waals surface area contributed by atoms with Crippen molar-refractivity contribution in [2.24, 2.45) is 0 Å². The molecule has 1 aliphatic carbocycles. The largest absolute Gasteiger partial charge is 0.508 e. The molecule has 1 aromatic carbocycles. The van der Waals surface area contributed by atoms with Crippen LogP contribution in [0.25, 0.3) is 0 Å². The number of phenols is 1. The third kappa shape index (κ3) is 3.09. The summed E-state index contributed by atoms with van der Waals surface area (Å²) in [6.07, 6.45) is 6.10. The molecule has 3 heteroatoms. The van der Waals surface area contributed by atoms with E-state index in [9.17, 15) is 5.11 Å². The zero-order chi connectivity index (χ0) is 14.8. The highest BCUT2D eigenvalue weighted by molar-refractivity contribution is 5.38. The predicted molar refractivity (Wildman–Crippen MR) is 86.7 cm³/mol. The fraction of sp³-hybridized carbons (Fsp3) is 0.667. The molecule has 1 aromatic rings. The Morgan fingerprint density at radius 2 is 2.10 bits per heavy atom. The zero-order valence-corrected chi connectivity index (χ0v) is 13.4. The highest BCUT2D eigenvalue weighted by Crippen LogP contribution is 2.37. The predicted octanol–water partition coefficient (Wildman–Crippen LogP) is 3.19. The van der Waals surface area contributed by atoms with Gasteiger partial charge in [0, 0.05) is 25.2 Å². The number of likely N-dealkylation sites (N-methyl/N-ethyl adjacent to an activating group) is 1. The minimum absolute atomic E-state index is 0.414. The average molecular weight is 288 g/mol. The Hall–Kier alpha value is -1.06. The zero-order valence-electron chi connectivity index (χ0n) is 13.4. The van der Waals surface area contributed by atoms with Crippen LogP contribution in [0.15, 0.2) is 18.2 Å². The second-order valence-electron chi connectivity index (χ2n) is 6.71. The minimum atomic E-state index is 0.414. The Morgan fingerprint density at radius 1 is 1.24 bits per heavy atom. The summed E-state index contributed by atoms with van der Waals surface area (Å²) in [6, 6.07) is 7.21. The Labute approximate surface area is 128 Å². The Kier molecular flexibility index (Phi) is 4.51. The summed E-state index contributed by atoms with van der Waals surface area (Å²) in [4.78, 5) is 5.23. The van der Waals surface area contributed by atoms with Crippen LogP contribution in [-0.4, -0.2) is 47.6 Å². The maximum absolute atomic E-state index is 9.74. The van der Waals surface area contributed by atoms with Gasteiger partial charge < -0.3 is 10.0 Å². The first-order valence-electron chi connectivity index (χ1n) is 8.45. The lowest BCUT2D eigenvalue weighted by Gasteiger charge is -2.40. The molecule has 2 unspecified atom stereocenters. The molecule has 2 aliphatic rings. The van der Waals surface area contributed by atoms with E-state index in [0.29, 0.717) is 17.8 Å². The fourth-order valence-electron chi connectivity index (χ4n) is 4.16. The van der Waals surface area contributed by atoms with Gasteiger partial charge in [-0.15, -0.1) is 0 Å². The molecule has 2 atom stereocenters. The number of benzene rings is 1. The lowest BCUT2D eigenvalue weighted by atomic mass is 9.85. The summed E-state index contributed by atoms with van der Waals surface area (Å²) in [7, 11) is 2.25. The first kappa shape index (κ1) is 14.9. The molecule has 3 rings (SSSR count). The van der Waals surface area contributed by atoms with Gasteiger partial charge in [0.05, 0.1) is 0 Å². The number of phenolic OH excluding ortho intramolecular Hbond substituents is 1. The van der Waals surface area contributed by atoms with Crippen LogP contribution in [-0.2, 0) is 6.42 Å². The van der Waals surface area contributed by atoms with E-state index in [-0.39, 0.29) is 0 Å². The van der Waals surface area contributed by atoms with E-state index in [1.54, 1.807) is 0 Å². The SMILES string of the molecule is CCC1CN(C)CCCN1C1CCCc2cc(O)ccc21. The molecular formula is C18H28N2O. The highest BCUT2D eigenvalue weighted by atomic mass is 16.3. The van der Waals surface area contributed by atoms with Gasteiger partial charge in [-0.05, 0) is 69.0 Å². The molecule has 0 spiro atoms. The van der Waals surface area contributed by atoms with E-state index in [2.05, 4.69) is 29.8 Å². The van der Waals surface area contributed by atoms with Crippen LogP contribution in [0.5, 0.6) is 5.75 Å². The number of hydrogen-bond donors (Lipinski definition) is 1. The fourth-order valence-corrected chi connectivity index (χ4v) is 4.16. The molecular weight excluding hydrogens is 260 g/mol. The van der Waals surface area contributed by atoms with E-state index in [4.69, 9.17) is 0 Å². The van der Waals surface area contributed by atoms with Crippen LogP contribution in [0.2, 0.25) is 0 Å². The average Bonchev–Trinajstić information content (AvgIpc) is 2.67. The van der Waals surface area contributed by atoms with E-state index in [0.717, 1.165) is 6.42 Å². The van der Waals surface area contributed by atoms with Crippen LogP contribution in [0.3, 0.4) is 0 Å². The molecule has 3 nitrogen and oxygen atoms in total. The Morgan fingerprint density at radius 3 is 2.90 bits per heavy atom. The van der Waals surface area contributed by atoms with Crippen LogP contribution in [0.4, 0.5) is 0 Å². The van der Waals surface area contributed by atoms with E-state index < -0.39 is 0 Å². The molecule has 0 radical (unpaired) electrons. The van der Waals surface area contributed by atoms with Gasteiger partial charge in [-0.3, -0.25) is 4.90 Å². The van der Waals surface area contributed by atoms with Gasteiger partial charge >= 0.3 is 0 Å². The molecule has 21 heavy (non-hydrogen) atoms. The summed E-state index contributed by atoms with van der Waals surface area (Å²) in [5.41, 5.74) is 2.82. The lowest BCUT2D eigenvalue weighted by molar-refractivity contribution is 0.115. The minimum Gasteiger partial charge on any atom is -0.508 e. The third-order valence-corrected chi connectivity index (χ3v) is 5.23. The summed E-state index contributed by atoms with van der Waals surface area (Å²) < 4.78 is 0. The smallest absolute Gasteiger partial charge is 0.115 e. The summed E-state index contributed by atoms with van der Waals surface area (Å²) >= 11 is 0. The monoisotopic (exact) mass is 288 g/mol. The lowest BCUT2D eigenvalue weighted by Crippen LogP contribution is -2.42. The van der Waals surface area contributed by atoms with Crippen molar-refractivity contribution in [2.75, 3.05) is 26.7 Å². The van der Waals surface area contributed by atoms with Crippen LogP contribution in [0, 0.1) is 0 Å². The van der Waals surface area contributed by atoms with Gasteiger partial charge in [0.1, 0.15) is 5.75 Å². The topological polar surface area (TPSA) is 26.7 Å². The number of aromatic hydroxyl groups is 1. The number of aryl methyl sites for hydroxylation is 1. The number of rotatable bonds is 2. The van der Waals surface area contributed by atoms with E-state index >= 15 is 0 Å². The van der Waals surface area contributed by atoms with Gasteiger partial charge in [-0.1, -0.05) is 13.0 Å². The Balaban J connectivity index is 1.89. The molecule has 116 valence electrons. The molecule has 1 fully saturated rings. The molecule has 0 amide bonds. The van der Waals surface area contributed by atoms with Gasteiger partial charge in [0.25, 0.3) is 0 Å². The molecule has 1 saturated heterocycles. The van der Waals surface area contributed by atoms with Gasteiger partial charge in [-0.2, -0.15) is 0 Å². The van der Waals surface area contributed by atoms with Crippen LogP contribution in [0.1, 0.15) is 49.8 Å². The molecule has 0 bridgehead atoms. The van der Waals surface area contributed by atoms with Crippen molar-refractivity contribution in [2.45, 2.75) is 51.1 Å². The number of nitrogens with zero attached hydrogens (tertiary/aromatic N) is 2. The van der Waals surface area contributed by atoms with Gasteiger partial charge in [0.15, 0.2) is 0 Å². The molecule has 0 aromatic heterocycles. The standard InChI is InChI=1S/C18H28N2O/c1-3-15-13-19(2)10-5-11-20(15)18-7-4-6-14-12-16(21)8-9-17(14)18/h8-9,12,15,18,21H,3-7,10-11,13H2,1-2H3. The number of fused-ring (bicyclic) bond motifs is 1. The molecule has 1 N–H and O–H groups in total. The van der Waals surface area contributed by atoms with E-state index in [1.807, 2.05) is 12.1 Å².